The van der Waals surface area contributed by atoms with Crippen LogP contribution in [-0.2, 0) is 0 Å². The Hall–Kier alpha value is -0.970. The van der Waals surface area contributed by atoms with E-state index < -0.39 is 17.7 Å². The van der Waals surface area contributed by atoms with E-state index in [-0.39, 0.29) is 5.56 Å². The first-order valence-corrected chi connectivity index (χ1v) is 6.73. The van der Waals surface area contributed by atoms with Crippen molar-refractivity contribution < 1.29 is 8.78 Å². The molecule has 1 unspecified atom stereocenters. The van der Waals surface area contributed by atoms with Crippen LogP contribution in [0, 0.1) is 18.6 Å². The van der Waals surface area contributed by atoms with Crippen molar-refractivity contribution in [2.75, 3.05) is 0 Å². The first-order valence-electron chi connectivity index (χ1n) is 5.56. The van der Waals surface area contributed by atoms with Crippen LogP contribution in [0.2, 0.25) is 5.02 Å². The predicted octanol–water partition coefficient (Wildman–Crippen LogP) is 4.74. The summed E-state index contributed by atoms with van der Waals surface area (Å²) in [4.78, 5) is 0. The molecule has 100 valence electrons. The minimum Gasteiger partial charge on any atom is -0.320 e. The van der Waals surface area contributed by atoms with E-state index >= 15 is 0 Å². The van der Waals surface area contributed by atoms with Gasteiger partial charge in [-0.15, -0.1) is 0 Å². The maximum atomic E-state index is 13.8. The fourth-order valence-corrected chi connectivity index (χ4v) is 2.32. The molecule has 0 aliphatic rings. The van der Waals surface area contributed by atoms with Gasteiger partial charge in [-0.05, 0) is 52.2 Å². The zero-order valence-corrected chi connectivity index (χ0v) is 12.4. The van der Waals surface area contributed by atoms with E-state index in [1.165, 1.54) is 6.07 Å². The van der Waals surface area contributed by atoms with Gasteiger partial charge < -0.3 is 5.73 Å². The van der Waals surface area contributed by atoms with Gasteiger partial charge in [-0.2, -0.15) is 0 Å². The van der Waals surface area contributed by atoms with Crippen LogP contribution in [0.5, 0.6) is 0 Å². The second kappa shape index (κ2) is 5.57. The van der Waals surface area contributed by atoms with Crippen LogP contribution >= 0.6 is 27.5 Å². The predicted molar refractivity (Wildman–Crippen MR) is 76.3 cm³/mol. The molecule has 0 aliphatic carbocycles. The van der Waals surface area contributed by atoms with Gasteiger partial charge in [-0.25, -0.2) is 8.78 Å². The summed E-state index contributed by atoms with van der Waals surface area (Å²) < 4.78 is 27.7. The first kappa shape index (κ1) is 14.4. The van der Waals surface area contributed by atoms with Gasteiger partial charge in [0.05, 0.1) is 11.1 Å². The van der Waals surface area contributed by atoms with Gasteiger partial charge >= 0.3 is 0 Å². The average molecular weight is 347 g/mol. The Kier molecular flexibility index (Phi) is 4.23. The molecule has 0 radical (unpaired) electrons. The molecule has 0 amide bonds. The summed E-state index contributed by atoms with van der Waals surface area (Å²) in [6.45, 7) is 1.57. The number of hydrogen-bond acceptors (Lipinski definition) is 1. The lowest BCUT2D eigenvalue weighted by molar-refractivity contribution is 0.561. The Balaban J connectivity index is 2.46. The summed E-state index contributed by atoms with van der Waals surface area (Å²) >= 11 is 9.19. The molecule has 2 N–H and O–H groups in total. The van der Waals surface area contributed by atoms with Gasteiger partial charge in [0, 0.05) is 16.1 Å². The quantitative estimate of drug-likeness (QED) is 0.835. The van der Waals surface area contributed by atoms with Gasteiger partial charge in [0.1, 0.15) is 11.6 Å². The molecule has 0 bridgehead atoms. The topological polar surface area (TPSA) is 26.0 Å². The standard InChI is InChI=1S/C14H11BrClF2N/c1-7-4-9(13(18)6-12(7)17)14(19)8-2-3-11(16)10(15)5-8/h2-6,14H,19H2,1H3. The highest BCUT2D eigenvalue weighted by molar-refractivity contribution is 9.10. The molecule has 2 rings (SSSR count). The summed E-state index contributed by atoms with van der Waals surface area (Å²) in [6.07, 6.45) is 0. The summed E-state index contributed by atoms with van der Waals surface area (Å²) in [7, 11) is 0. The monoisotopic (exact) mass is 345 g/mol. The van der Waals surface area contributed by atoms with E-state index in [0.29, 0.717) is 20.6 Å². The molecule has 19 heavy (non-hydrogen) atoms. The number of aryl methyl sites for hydroxylation is 1. The van der Waals surface area contributed by atoms with Crippen molar-refractivity contribution >= 4 is 27.5 Å². The lowest BCUT2D eigenvalue weighted by Gasteiger charge is -2.15. The zero-order valence-electron chi connectivity index (χ0n) is 10.1. The highest BCUT2D eigenvalue weighted by Gasteiger charge is 2.16. The number of hydrogen-bond donors (Lipinski definition) is 1. The van der Waals surface area contributed by atoms with Crippen molar-refractivity contribution in [3.05, 3.63) is 68.2 Å². The third-order valence-electron chi connectivity index (χ3n) is 2.92. The number of benzene rings is 2. The molecule has 1 nitrogen and oxygen atoms in total. The fraction of sp³-hybridized carbons (Fsp3) is 0.143. The maximum Gasteiger partial charge on any atom is 0.131 e. The summed E-state index contributed by atoms with van der Waals surface area (Å²) in [5.41, 5.74) is 7.34. The molecule has 0 saturated heterocycles. The lowest BCUT2D eigenvalue weighted by Crippen LogP contribution is -2.14. The van der Waals surface area contributed by atoms with Crippen molar-refractivity contribution in [1.29, 1.82) is 0 Å². The van der Waals surface area contributed by atoms with E-state index in [1.807, 2.05) is 0 Å². The van der Waals surface area contributed by atoms with Crippen molar-refractivity contribution in [3.63, 3.8) is 0 Å². The molecular formula is C14H11BrClF2N. The fourth-order valence-electron chi connectivity index (χ4n) is 1.80. The van der Waals surface area contributed by atoms with Crippen molar-refractivity contribution in [2.24, 2.45) is 5.73 Å². The van der Waals surface area contributed by atoms with Gasteiger partial charge in [-0.1, -0.05) is 17.7 Å². The van der Waals surface area contributed by atoms with Gasteiger partial charge in [-0.3, -0.25) is 0 Å². The number of halogens is 4. The van der Waals surface area contributed by atoms with Crippen LogP contribution in [0.4, 0.5) is 8.78 Å². The van der Waals surface area contributed by atoms with Crippen LogP contribution in [0.25, 0.3) is 0 Å². The molecule has 2 aromatic rings. The molecule has 0 fully saturated rings. The average Bonchev–Trinajstić information content (AvgIpc) is 2.36. The number of rotatable bonds is 2. The second-order valence-corrected chi connectivity index (χ2v) is 5.54. The Bertz CT molecular complexity index is 631. The minimum absolute atomic E-state index is 0.258. The van der Waals surface area contributed by atoms with Crippen molar-refractivity contribution in [1.82, 2.24) is 0 Å². The van der Waals surface area contributed by atoms with Crippen LogP contribution in [0.3, 0.4) is 0 Å². The second-order valence-electron chi connectivity index (χ2n) is 4.27. The van der Waals surface area contributed by atoms with Crippen LogP contribution in [0.1, 0.15) is 22.7 Å². The van der Waals surface area contributed by atoms with Gasteiger partial charge in [0.25, 0.3) is 0 Å². The smallest absolute Gasteiger partial charge is 0.131 e. The Labute approximate surface area is 123 Å². The Morgan fingerprint density at radius 2 is 1.84 bits per heavy atom. The SMILES string of the molecule is Cc1cc(C(N)c2ccc(Cl)c(Br)c2)c(F)cc1F. The Morgan fingerprint density at radius 3 is 2.47 bits per heavy atom. The van der Waals surface area contributed by atoms with Crippen LogP contribution < -0.4 is 5.73 Å². The van der Waals surface area contributed by atoms with Gasteiger partial charge in [0.15, 0.2) is 0 Å². The molecule has 5 heteroatoms. The molecule has 0 aromatic heterocycles. The first-order chi connectivity index (χ1) is 8.90. The zero-order chi connectivity index (χ0) is 14.2. The van der Waals surface area contributed by atoms with Crippen molar-refractivity contribution in [3.8, 4) is 0 Å². The molecular weight excluding hydrogens is 336 g/mol. The summed E-state index contributed by atoms with van der Waals surface area (Å²) in [5, 5.41) is 0.548. The van der Waals surface area contributed by atoms with E-state index in [2.05, 4.69) is 15.9 Å². The highest BCUT2D eigenvalue weighted by Crippen LogP contribution is 2.29. The van der Waals surface area contributed by atoms with E-state index in [1.54, 1.807) is 25.1 Å². The van der Waals surface area contributed by atoms with Crippen LogP contribution in [-0.4, -0.2) is 0 Å². The molecule has 1 atom stereocenters. The summed E-state index contributed by atoms with van der Waals surface area (Å²) in [5.74, 6) is -1.23. The third-order valence-corrected chi connectivity index (χ3v) is 4.13. The minimum atomic E-state index is -0.673. The molecule has 0 aliphatic heterocycles. The maximum absolute atomic E-state index is 13.8. The number of nitrogens with two attached hydrogens (primary N) is 1. The Morgan fingerprint density at radius 1 is 1.16 bits per heavy atom. The third kappa shape index (κ3) is 2.96. The summed E-state index contributed by atoms with van der Waals surface area (Å²) in [6, 6.07) is 6.73. The van der Waals surface area contributed by atoms with E-state index in [4.69, 9.17) is 17.3 Å². The highest BCUT2D eigenvalue weighted by atomic mass is 79.9. The van der Waals surface area contributed by atoms with Gasteiger partial charge in [0.2, 0.25) is 0 Å². The van der Waals surface area contributed by atoms with E-state index in [9.17, 15) is 8.78 Å². The molecule has 0 heterocycles. The molecule has 0 spiro atoms. The largest absolute Gasteiger partial charge is 0.320 e. The molecule has 0 saturated carbocycles. The van der Waals surface area contributed by atoms with Crippen molar-refractivity contribution in [2.45, 2.75) is 13.0 Å². The lowest BCUT2D eigenvalue weighted by atomic mass is 9.97. The van der Waals surface area contributed by atoms with Crippen LogP contribution in [0.15, 0.2) is 34.8 Å². The normalized spacial score (nSPS) is 12.5. The van der Waals surface area contributed by atoms with E-state index in [0.717, 1.165) is 6.07 Å². The molecule has 2 aromatic carbocycles.